The van der Waals surface area contributed by atoms with E-state index in [0.717, 1.165) is 5.69 Å². The lowest BCUT2D eigenvalue weighted by molar-refractivity contribution is -0.138. The van der Waals surface area contributed by atoms with Crippen LogP contribution in [0.1, 0.15) is 11.3 Å². The lowest BCUT2D eigenvalue weighted by Gasteiger charge is -2.48. The Morgan fingerprint density at radius 1 is 1.43 bits per heavy atom. The van der Waals surface area contributed by atoms with E-state index in [1.807, 2.05) is 0 Å². The molecule has 0 spiro atoms. The summed E-state index contributed by atoms with van der Waals surface area (Å²) in [6.45, 7) is 1.76. The molecule has 3 rings (SSSR count). The first-order valence-electron chi connectivity index (χ1n) is 6.82. The van der Waals surface area contributed by atoms with Crippen LogP contribution in [-0.2, 0) is 17.8 Å². The predicted molar refractivity (Wildman–Crippen MR) is 75.6 cm³/mol. The fourth-order valence-electron chi connectivity index (χ4n) is 2.89. The molecule has 0 unspecified atom stereocenters. The van der Waals surface area contributed by atoms with Crippen LogP contribution >= 0.6 is 0 Å². The maximum absolute atomic E-state index is 13.8. The molecule has 0 atom stereocenters. The van der Waals surface area contributed by atoms with Crippen LogP contribution in [0, 0.1) is 11.2 Å². The Balaban J connectivity index is 1.69. The van der Waals surface area contributed by atoms with E-state index in [2.05, 4.69) is 14.9 Å². The Morgan fingerprint density at radius 2 is 2.19 bits per heavy atom. The smallest absolute Gasteiger partial charge is 0.226 e. The summed E-state index contributed by atoms with van der Waals surface area (Å²) in [5, 5.41) is 0. The Bertz CT molecular complexity index is 635. The van der Waals surface area contributed by atoms with Gasteiger partial charge in [0.05, 0.1) is 11.7 Å². The van der Waals surface area contributed by atoms with Gasteiger partial charge in [0, 0.05) is 31.5 Å². The number of likely N-dealkylation sites (tertiary alicyclic amines) is 1. The Kier molecular flexibility index (Phi) is 3.47. The van der Waals surface area contributed by atoms with Gasteiger partial charge in [-0.2, -0.15) is 0 Å². The van der Waals surface area contributed by atoms with E-state index in [1.165, 1.54) is 6.07 Å². The van der Waals surface area contributed by atoms with Gasteiger partial charge in [-0.1, -0.05) is 18.2 Å². The van der Waals surface area contributed by atoms with Crippen LogP contribution in [-0.4, -0.2) is 33.9 Å². The van der Waals surface area contributed by atoms with Crippen LogP contribution in [0.15, 0.2) is 36.8 Å². The molecule has 1 amide bonds. The number of imidazole rings is 1. The molecule has 21 heavy (non-hydrogen) atoms. The summed E-state index contributed by atoms with van der Waals surface area (Å²) >= 11 is 0. The highest BCUT2D eigenvalue weighted by Crippen LogP contribution is 2.35. The first kappa shape index (κ1) is 13.8. The summed E-state index contributed by atoms with van der Waals surface area (Å²) in [7, 11) is 0. The molecule has 0 aliphatic carbocycles. The standard InChI is InChI=1S/C15H17FN4O/c16-13-4-2-1-3-11(13)5-15(14(17)21)8-20(9-15)7-12-6-18-10-19-12/h1-4,6,10H,5,7-9H2,(H2,17,21)(H,18,19). The molecular formula is C15H17FN4O. The van der Waals surface area contributed by atoms with Crippen molar-refractivity contribution in [2.45, 2.75) is 13.0 Å². The average molecular weight is 288 g/mol. The Morgan fingerprint density at radius 3 is 2.81 bits per heavy atom. The summed E-state index contributed by atoms with van der Waals surface area (Å²) in [4.78, 5) is 20.9. The number of carbonyl (C=O) groups excluding carboxylic acids is 1. The number of nitrogens with zero attached hydrogens (tertiary/aromatic N) is 2. The molecule has 2 aromatic rings. The molecular weight excluding hydrogens is 271 g/mol. The zero-order chi connectivity index (χ0) is 14.9. The minimum atomic E-state index is -0.678. The van der Waals surface area contributed by atoms with Crippen molar-refractivity contribution in [3.8, 4) is 0 Å². The summed E-state index contributed by atoms with van der Waals surface area (Å²) in [6.07, 6.45) is 3.71. The summed E-state index contributed by atoms with van der Waals surface area (Å²) in [5.41, 5.74) is 6.40. The normalized spacial score (nSPS) is 17.4. The number of nitrogens with one attached hydrogen (secondary N) is 1. The molecule has 0 saturated carbocycles. The fraction of sp³-hybridized carbons (Fsp3) is 0.333. The van der Waals surface area contributed by atoms with Gasteiger partial charge in [-0.15, -0.1) is 0 Å². The van der Waals surface area contributed by atoms with Gasteiger partial charge in [0.1, 0.15) is 5.82 Å². The van der Waals surface area contributed by atoms with Gasteiger partial charge in [-0.05, 0) is 18.1 Å². The maximum atomic E-state index is 13.8. The number of rotatable bonds is 5. The molecule has 1 aromatic heterocycles. The van der Waals surface area contributed by atoms with Crippen LogP contribution in [0.25, 0.3) is 0 Å². The molecule has 1 aliphatic rings. The summed E-state index contributed by atoms with van der Waals surface area (Å²) in [5.74, 6) is -0.656. The zero-order valence-corrected chi connectivity index (χ0v) is 11.6. The largest absolute Gasteiger partial charge is 0.369 e. The third-order valence-corrected chi connectivity index (χ3v) is 4.01. The minimum absolute atomic E-state index is 0.287. The molecule has 5 nitrogen and oxygen atoms in total. The van der Waals surface area contributed by atoms with E-state index < -0.39 is 5.41 Å². The molecule has 0 bridgehead atoms. The second-order valence-electron chi connectivity index (χ2n) is 5.63. The third-order valence-electron chi connectivity index (χ3n) is 4.01. The Hall–Kier alpha value is -2.21. The zero-order valence-electron chi connectivity index (χ0n) is 11.6. The van der Waals surface area contributed by atoms with Crippen LogP contribution in [0.2, 0.25) is 0 Å². The molecule has 3 N–H and O–H groups in total. The van der Waals surface area contributed by atoms with E-state index in [-0.39, 0.29) is 11.7 Å². The van der Waals surface area contributed by atoms with Crippen LogP contribution in [0.4, 0.5) is 4.39 Å². The lowest BCUT2D eigenvalue weighted by atomic mass is 9.74. The van der Waals surface area contributed by atoms with Crippen molar-refractivity contribution < 1.29 is 9.18 Å². The van der Waals surface area contributed by atoms with E-state index in [1.54, 1.807) is 30.7 Å². The number of carbonyl (C=O) groups is 1. The summed E-state index contributed by atoms with van der Waals surface area (Å²) < 4.78 is 13.8. The molecule has 2 heterocycles. The number of aromatic nitrogens is 2. The van der Waals surface area contributed by atoms with Crippen molar-refractivity contribution in [2.24, 2.45) is 11.1 Å². The number of hydrogen-bond acceptors (Lipinski definition) is 3. The van der Waals surface area contributed by atoms with Gasteiger partial charge >= 0.3 is 0 Å². The summed E-state index contributed by atoms with van der Waals surface area (Å²) in [6, 6.07) is 6.53. The van der Waals surface area contributed by atoms with Gasteiger partial charge in [0.15, 0.2) is 0 Å². The van der Waals surface area contributed by atoms with Crippen molar-refractivity contribution in [2.75, 3.05) is 13.1 Å². The number of hydrogen-bond donors (Lipinski definition) is 2. The van der Waals surface area contributed by atoms with Crippen molar-refractivity contribution >= 4 is 5.91 Å². The van der Waals surface area contributed by atoms with E-state index >= 15 is 0 Å². The van der Waals surface area contributed by atoms with Gasteiger partial charge in [0.25, 0.3) is 0 Å². The van der Waals surface area contributed by atoms with Crippen LogP contribution in [0.5, 0.6) is 0 Å². The van der Waals surface area contributed by atoms with Crippen molar-refractivity contribution in [3.63, 3.8) is 0 Å². The fourth-order valence-corrected chi connectivity index (χ4v) is 2.89. The molecule has 0 radical (unpaired) electrons. The molecule has 1 aliphatic heterocycles. The predicted octanol–water partition coefficient (Wildman–Crippen LogP) is 1.08. The maximum Gasteiger partial charge on any atom is 0.226 e. The number of halogens is 1. The first-order chi connectivity index (χ1) is 10.1. The van der Waals surface area contributed by atoms with Crippen molar-refractivity contribution in [3.05, 3.63) is 53.9 Å². The van der Waals surface area contributed by atoms with Gasteiger partial charge in [0.2, 0.25) is 5.91 Å². The van der Waals surface area contributed by atoms with Gasteiger partial charge < -0.3 is 10.7 Å². The highest BCUT2D eigenvalue weighted by molar-refractivity contribution is 5.83. The first-order valence-corrected chi connectivity index (χ1v) is 6.82. The number of amides is 1. The van der Waals surface area contributed by atoms with E-state index in [4.69, 9.17) is 5.73 Å². The Labute approximate surface area is 122 Å². The SMILES string of the molecule is NC(=O)C1(Cc2ccccc2F)CN(Cc2cnc[nH]2)C1. The highest BCUT2D eigenvalue weighted by Gasteiger charge is 2.48. The van der Waals surface area contributed by atoms with Crippen LogP contribution < -0.4 is 5.73 Å². The highest BCUT2D eigenvalue weighted by atomic mass is 19.1. The molecule has 110 valence electrons. The number of aromatic amines is 1. The minimum Gasteiger partial charge on any atom is -0.369 e. The van der Waals surface area contributed by atoms with Crippen molar-refractivity contribution in [1.29, 1.82) is 0 Å². The van der Waals surface area contributed by atoms with Gasteiger partial charge in [-0.3, -0.25) is 9.69 Å². The number of primary amides is 1. The lowest BCUT2D eigenvalue weighted by Crippen LogP contribution is -2.63. The van der Waals surface area contributed by atoms with Crippen LogP contribution in [0.3, 0.4) is 0 Å². The monoisotopic (exact) mass is 288 g/mol. The molecule has 1 fully saturated rings. The third kappa shape index (κ3) is 2.67. The number of nitrogens with two attached hydrogens (primary N) is 1. The van der Waals surface area contributed by atoms with Crippen molar-refractivity contribution in [1.82, 2.24) is 14.9 Å². The molecule has 6 heteroatoms. The molecule has 1 saturated heterocycles. The number of H-pyrrole nitrogens is 1. The van der Waals surface area contributed by atoms with E-state index in [0.29, 0.717) is 31.6 Å². The second-order valence-corrected chi connectivity index (χ2v) is 5.63. The average Bonchev–Trinajstić information content (AvgIpc) is 2.91. The topological polar surface area (TPSA) is 75.0 Å². The van der Waals surface area contributed by atoms with E-state index in [9.17, 15) is 9.18 Å². The molecule has 1 aromatic carbocycles. The number of benzene rings is 1. The second kappa shape index (κ2) is 5.29. The quantitative estimate of drug-likeness (QED) is 0.864. The van der Waals surface area contributed by atoms with Gasteiger partial charge in [-0.25, -0.2) is 9.37 Å².